The molecule has 0 spiro atoms. The van der Waals surface area contributed by atoms with Gasteiger partial charge in [-0.3, -0.25) is 4.79 Å². The first-order valence-electron chi connectivity index (χ1n) is 6.57. The van der Waals surface area contributed by atoms with Gasteiger partial charge in [0.15, 0.2) is 0 Å². The van der Waals surface area contributed by atoms with E-state index in [1.54, 1.807) is 7.05 Å². The van der Waals surface area contributed by atoms with E-state index in [1.165, 1.54) is 12.8 Å². The van der Waals surface area contributed by atoms with Gasteiger partial charge in [-0.1, -0.05) is 20.3 Å². The Kier molecular flexibility index (Phi) is 10.2. The molecule has 0 amide bonds. The molecule has 2 atom stereocenters. The number of ether oxygens (including phenoxy) is 2. The summed E-state index contributed by atoms with van der Waals surface area (Å²) < 4.78 is 10.5. The highest BCUT2D eigenvalue weighted by molar-refractivity contribution is 5.75. The van der Waals surface area contributed by atoms with Crippen LogP contribution in [0.25, 0.3) is 0 Å². The molecule has 0 saturated carbocycles. The lowest BCUT2D eigenvalue weighted by Crippen LogP contribution is -2.36. The SMILES string of the molecule is CCCC(C)COCCC(NC)C(=O)OCC. The smallest absolute Gasteiger partial charge is 0.323 e. The Morgan fingerprint density at radius 2 is 2.00 bits per heavy atom. The second kappa shape index (κ2) is 10.5. The summed E-state index contributed by atoms with van der Waals surface area (Å²) in [6, 6.07) is -0.253. The van der Waals surface area contributed by atoms with Crippen LogP contribution >= 0.6 is 0 Å². The molecular weight excluding hydrogens is 218 g/mol. The zero-order valence-electron chi connectivity index (χ0n) is 11.6. The lowest BCUT2D eigenvalue weighted by molar-refractivity contribution is -0.146. The van der Waals surface area contributed by atoms with Gasteiger partial charge < -0.3 is 14.8 Å². The minimum Gasteiger partial charge on any atom is -0.465 e. The van der Waals surface area contributed by atoms with Gasteiger partial charge in [-0.25, -0.2) is 0 Å². The van der Waals surface area contributed by atoms with Crippen LogP contribution in [0.3, 0.4) is 0 Å². The second-order valence-corrected chi connectivity index (χ2v) is 4.35. The molecule has 0 radical (unpaired) electrons. The number of rotatable bonds is 10. The maximum absolute atomic E-state index is 11.5. The van der Waals surface area contributed by atoms with Gasteiger partial charge in [0.1, 0.15) is 6.04 Å². The molecule has 0 bridgehead atoms. The molecule has 0 aliphatic carbocycles. The van der Waals surface area contributed by atoms with Crippen LogP contribution < -0.4 is 5.32 Å². The number of carbonyl (C=O) groups excluding carboxylic acids is 1. The Morgan fingerprint density at radius 1 is 1.29 bits per heavy atom. The van der Waals surface area contributed by atoms with E-state index < -0.39 is 0 Å². The number of carbonyl (C=O) groups is 1. The zero-order valence-corrected chi connectivity index (χ0v) is 11.6. The third-order valence-electron chi connectivity index (χ3n) is 2.65. The number of hydrogen-bond donors (Lipinski definition) is 1. The molecule has 17 heavy (non-hydrogen) atoms. The standard InChI is InChI=1S/C13H27NO3/c1-5-7-11(3)10-16-9-8-12(14-4)13(15)17-6-2/h11-12,14H,5-10H2,1-4H3. The average molecular weight is 245 g/mol. The summed E-state index contributed by atoms with van der Waals surface area (Å²) in [7, 11) is 1.77. The van der Waals surface area contributed by atoms with E-state index >= 15 is 0 Å². The van der Waals surface area contributed by atoms with Crippen LogP contribution in [0.1, 0.15) is 40.0 Å². The summed E-state index contributed by atoms with van der Waals surface area (Å²) in [5.74, 6) is 0.399. The number of hydrogen-bond acceptors (Lipinski definition) is 4. The Hall–Kier alpha value is -0.610. The quantitative estimate of drug-likeness (QED) is 0.472. The minimum atomic E-state index is -0.253. The summed E-state index contributed by atoms with van der Waals surface area (Å²) in [5.41, 5.74) is 0. The van der Waals surface area contributed by atoms with Crippen LogP contribution in [0.4, 0.5) is 0 Å². The van der Waals surface area contributed by atoms with Gasteiger partial charge in [-0.15, -0.1) is 0 Å². The Bertz CT molecular complexity index is 197. The molecule has 4 heteroatoms. The Morgan fingerprint density at radius 3 is 2.53 bits per heavy atom. The van der Waals surface area contributed by atoms with Crippen molar-refractivity contribution in [2.75, 3.05) is 26.9 Å². The van der Waals surface area contributed by atoms with Crippen LogP contribution in [-0.4, -0.2) is 38.9 Å². The van der Waals surface area contributed by atoms with Gasteiger partial charge in [0.05, 0.1) is 6.61 Å². The molecule has 0 aliphatic rings. The minimum absolute atomic E-state index is 0.194. The highest BCUT2D eigenvalue weighted by atomic mass is 16.5. The molecule has 0 aromatic rings. The maximum Gasteiger partial charge on any atom is 0.323 e. The van der Waals surface area contributed by atoms with Crippen molar-refractivity contribution < 1.29 is 14.3 Å². The molecular formula is C13H27NO3. The molecule has 0 rings (SSSR count). The molecule has 4 nitrogen and oxygen atoms in total. The molecule has 2 unspecified atom stereocenters. The molecule has 0 aromatic heterocycles. The normalized spacial score (nSPS) is 14.4. The van der Waals surface area contributed by atoms with Crippen molar-refractivity contribution in [1.82, 2.24) is 5.32 Å². The van der Waals surface area contributed by atoms with Crippen LogP contribution in [0.2, 0.25) is 0 Å². The summed E-state index contributed by atoms with van der Waals surface area (Å²) >= 11 is 0. The van der Waals surface area contributed by atoms with Crippen molar-refractivity contribution in [3.05, 3.63) is 0 Å². The predicted octanol–water partition coefficient (Wildman–Crippen LogP) is 1.98. The van der Waals surface area contributed by atoms with Gasteiger partial charge >= 0.3 is 5.97 Å². The maximum atomic E-state index is 11.5. The molecule has 0 fully saturated rings. The average Bonchev–Trinajstić information content (AvgIpc) is 2.29. The van der Waals surface area contributed by atoms with Gasteiger partial charge in [0, 0.05) is 13.2 Å². The lowest BCUT2D eigenvalue weighted by atomic mass is 10.1. The van der Waals surface area contributed by atoms with Crippen LogP contribution in [-0.2, 0) is 14.3 Å². The van der Waals surface area contributed by atoms with Gasteiger partial charge in [-0.05, 0) is 32.7 Å². The largest absolute Gasteiger partial charge is 0.465 e. The lowest BCUT2D eigenvalue weighted by Gasteiger charge is -2.15. The van der Waals surface area contributed by atoms with Crippen LogP contribution in [0.15, 0.2) is 0 Å². The molecule has 0 aromatic carbocycles. The summed E-state index contributed by atoms with van der Waals surface area (Å²) in [5, 5.41) is 2.95. The fraction of sp³-hybridized carbons (Fsp3) is 0.923. The van der Waals surface area contributed by atoms with Crippen LogP contribution in [0.5, 0.6) is 0 Å². The number of likely N-dealkylation sites (N-methyl/N-ethyl adjacent to an activating group) is 1. The molecule has 0 saturated heterocycles. The molecule has 1 N–H and O–H groups in total. The van der Waals surface area contributed by atoms with E-state index in [-0.39, 0.29) is 12.0 Å². The van der Waals surface area contributed by atoms with Crippen LogP contribution in [0, 0.1) is 5.92 Å². The monoisotopic (exact) mass is 245 g/mol. The second-order valence-electron chi connectivity index (χ2n) is 4.35. The topological polar surface area (TPSA) is 47.6 Å². The van der Waals surface area contributed by atoms with Gasteiger partial charge in [-0.2, -0.15) is 0 Å². The van der Waals surface area contributed by atoms with Crippen molar-refractivity contribution in [2.45, 2.75) is 46.1 Å². The number of esters is 1. The fourth-order valence-corrected chi connectivity index (χ4v) is 1.68. The highest BCUT2D eigenvalue weighted by Gasteiger charge is 2.16. The van der Waals surface area contributed by atoms with E-state index in [0.717, 1.165) is 6.61 Å². The predicted molar refractivity (Wildman–Crippen MR) is 69.0 cm³/mol. The van der Waals surface area contributed by atoms with Gasteiger partial charge in [0.25, 0.3) is 0 Å². The molecule has 0 aliphatic heterocycles. The van der Waals surface area contributed by atoms with E-state index in [9.17, 15) is 4.79 Å². The molecule has 102 valence electrons. The fourth-order valence-electron chi connectivity index (χ4n) is 1.68. The summed E-state index contributed by atoms with van der Waals surface area (Å²) in [6.07, 6.45) is 3.04. The summed E-state index contributed by atoms with van der Waals surface area (Å²) in [6.45, 7) is 7.96. The van der Waals surface area contributed by atoms with E-state index in [4.69, 9.17) is 9.47 Å². The zero-order chi connectivity index (χ0) is 13.1. The van der Waals surface area contributed by atoms with E-state index in [0.29, 0.717) is 25.6 Å². The van der Waals surface area contributed by atoms with Crippen molar-refractivity contribution in [1.29, 1.82) is 0 Å². The third kappa shape index (κ3) is 8.16. The van der Waals surface area contributed by atoms with E-state index in [1.807, 2.05) is 6.92 Å². The summed E-state index contributed by atoms with van der Waals surface area (Å²) in [4.78, 5) is 11.5. The van der Waals surface area contributed by atoms with Crippen molar-refractivity contribution in [2.24, 2.45) is 5.92 Å². The highest BCUT2D eigenvalue weighted by Crippen LogP contribution is 2.05. The third-order valence-corrected chi connectivity index (χ3v) is 2.65. The van der Waals surface area contributed by atoms with Crippen molar-refractivity contribution in [3.63, 3.8) is 0 Å². The molecule has 0 heterocycles. The van der Waals surface area contributed by atoms with E-state index in [2.05, 4.69) is 19.2 Å². The first-order valence-corrected chi connectivity index (χ1v) is 6.57. The first kappa shape index (κ1) is 16.4. The van der Waals surface area contributed by atoms with Crippen molar-refractivity contribution in [3.8, 4) is 0 Å². The van der Waals surface area contributed by atoms with Crippen molar-refractivity contribution >= 4 is 5.97 Å². The first-order chi connectivity index (χ1) is 8.15. The Balaban J connectivity index is 3.66. The number of nitrogens with one attached hydrogen (secondary N) is 1. The Labute approximate surface area is 105 Å². The van der Waals surface area contributed by atoms with Gasteiger partial charge in [0.2, 0.25) is 0 Å².